The van der Waals surface area contributed by atoms with Crippen molar-refractivity contribution in [1.29, 1.82) is 0 Å². The van der Waals surface area contributed by atoms with E-state index in [-0.39, 0.29) is 12.0 Å². The van der Waals surface area contributed by atoms with Gasteiger partial charge >= 0.3 is 0 Å². The van der Waals surface area contributed by atoms with Crippen LogP contribution in [0.4, 0.5) is 0 Å². The van der Waals surface area contributed by atoms with Crippen LogP contribution in [0, 0.1) is 0 Å². The third-order valence-electron chi connectivity index (χ3n) is 2.65. The van der Waals surface area contributed by atoms with Crippen molar-refractivity contribution < 1.29 is 9.90 Å². The first-order valence-electron chi connectivity index (χ1n) is 6.12. The molecule has 1 unspecified atom stereocenters. The highest BCUT2D eigenvalue weighted by atomic mass is 35.5. The molecule has 0 saturated heterocycles. The fourth-order valence-corrected chi connectivity index (χ4v) is 1.98. The van der Waals surface area contributed by atoms with Gasteiger partial charge in [0, 0.05) is 28.2 Å². The van der Waals surface area contributed by atoms with Crippen LogP contribution in [0.2, 0.25) is 10.0 Å². The zero-order valence-corrected chi connectivity index (χ0v) is 12.2. The quantitative estimate of drug-likeness (QED) is 0.792. The van der Waals surface area contributed by atoms with Crippen LogP contribution in [-0.2, 0) is 4.79 Å². The van der Waals surface area contributed by atoms with Gasteiger partial charge < -0.3 is 10.4 Å². The number of carbonyl (C=O) groups excluding carboxylic acids is 1. The summed E-state index contributed by atoms with van der Waals surface area (Å²) in [5.41, 5.74) is 0.620. The highest BCUT2D eigenvalue weighted by molar-refractivity contribution is 6.37. The number of carbonyl (C=O) groups is 1. The largest absolute Gasteiger partial charge is 0.393 e. The maximum absolute atomic E-state index is 11.5. The average Bonchev–Trinajstić information content (AvgIpc) is 2.38. The van der Waals surface area contributed by atoms with Crippen molar-refractivity contribution in [3.05, 3.63) is 39.9 Å². The van der Waals surface area contributed by atoms with Crippen LogP contribution in [0.15, 0.2) is 24.3 Å². The lowest BCUT2D eigenvalue weighted by Crippen LogP contribution is -2.25. The van der Waals surface area contributed by atoms with Gasteiger partial charge in [0.25, 0.3) is 0 Å². The third kappa shape index (κ3) is 5.64. The lowest BCUT2D eigenvalue weighted by atomic mass is 10.2. The summed E-state index contributed by atoms with van der Waals surface area (Å²) < 4.78 is 0. The highest BCUT2D eigenvalue weighted by Crippen LogP contribution is 2.25. The topological polar surface area (TPSA) is 49.3 Å². The number of rotatable bonds is 6. The van der Waals surface area contributed by atoms with Gasteiger partial charge in [-0.25, -0.2) is 0 Å². The Balaban J connectivity index is 2.50. The first-order valence-corrected chi connectivity index (χ1v) is 6.88. The molecule has 5 heteroatoms. The monoisotopic (exact) mass is 301 g/mol. The molecule has 104 valence electrons. The molecule has 1 aromatic carbocycles. The predicted octanol–water partition coefficient (Wildman–Crippen LogP) is 3.28. The molecule has 0 bridgehead atoms. The van der Waals surface area contributed by atoms with Crippen molar-refractivity contribution in [2.45, 2.75) is 25.9 Å². The Morgan fingerprint density at radius 3 is 2.63 bits per heavy atom. The molecule has 0 spiro atoms. The molecule has 0 aromatic heterocycles. The van der Waals surface area contributed by atoms with Gasteiger partial charge in [0.05, 0.1) is 6.10 Å². The molecular formula is C14H17Cl2NO2. The van der Waals surface area contributed by atoms with Crippen LogP contribution < -0.4 is 5.32 Å². The lowest BCUT2D eigenvalue weighted by Gasteiger charge is -2.07. The molecule has 0 aliphatic rings. The van der Waals surface area contributed by atoms with Crippen molar-refractivity contribution in [2.75, 3.05) is 6.54 Å². The van der Waals surface area contributed by atoms with Gasteiger partial charge in [0.2, 0.25) is 5.91 Å². The van der Waals surface area contributed by atoms with Crippen LogP contribution in [0.5, 0.6) is 0 Å². The van der Waals surface area contributed by atoms with Crippen LogP contribution in [0.25, 0.3) is 6.08 Å². The van der Waals surface area contributed by atoms with Gasteiger partial charge in [-0.1, -0.05) is 36.2 Å². The molecule has 0 heterocycles. The molecule has 3 nitrogen and oxygen atoms in total. The normalized spacial score (nSPS) is 12.6. The van der Waals surface area contributed by atoms with E-state index in [1.165, 1.54) is 6.08 Å². The van der Waals surface area contributed by atoms with Crippen molar-refractivity contribution in [3.8, 4) is 0 Å². The first kappa shape index (κ1) is 16.0. The summed E-state index contributed by atoms with van der Waals surface area (Å²) in [4.78, 5) is 11.5. The van der Waals surface area contributed by atoms with E-state index < -0.39 is 0 Å². The summed E-state index contributed by atoms with van der Waals surface area (Å²) in [6.07, 6.45) is 3.81. The Morgan fingerprint density at radius 2 is 2.05 bits per heavy atom. The number of benzene rings is 1. The van der Waals surface area contributed by atoms with Crippen molar-refractivity contribution in [2.24, 2.45) is 0 Å². The molecule has 0 radical (unpaired) electrons. The number of hydrogen-bond acceptors (Lipinski definition) is 2. The molecule has 2 N–H and O–H groups in total. The minimum atomic E-state index is -0.373. The second-order valence-corrected chi connectivity index (χ2v) is 4.92. The zero-order chi connectivity index (χ0) is 14.3. The number of aliphatic hydroxyl groups is 1. The van der Waals surface area contributed by atoms with E-state index >= 15 is 0 Å². The summed E-state index contributed by atoms with van der Waals surface area (Å²) in [5.74, 6) is -0.237. The SMILES string of the molecule is CCC(O)CCNC(=O)/C=C/c1c(Cl)cccc1Cl. The first-order chi connectivity index (χ1) is 9.04. The minimum Gasteiger partial charge on any atom is -0.393 e. The van der Waals surface area contributed by atoms with Gasteiger partial charge in [0.15, 0.2) is 0 Å². The summed E-state index contributed by atoms with van der Waals surface area (Å²) in [7, 11) is 0. The zero-order valence-electron chi connectivity index (χ0n) is 10.7. The van der Waals surface area contributed by atoms with E-state index in [1.807, 2.05) is 6.92 Å². The van der Waals surface area contributed by atoms with E-state index in [0.29, 0.717) is 35.0 Å². The van der Waals surface area contributed by atoms with Crippen LogP contribution in [-0.4, -0.2) is 23.7 Å². The molecular weight excluding hydrogens is 285 g/mol. The second kappa shape index (κ2) is 8.20. The van der Waals surface area contributed by atoms with Crippen LogP contribution in [0.1, 0.15) is 25.3 Å². The smallest absolute Gasteiger partial charge is 0.244 e. The maximum atomic E-state index is 11.5. The van der Waals surface area contributed by atoms with Crippen molar-refractivity contribution in [3.63, 3.8) is 0 Å². The van der Waals surface area contributed by atoms with E-state index in [2.05, 4.69) is 5.32 Å². The fourth-order valence-electron chi connectivity index (χ4n) is 1.45. The van der Waals surface area contributed by atoms with E-state index in [1.54, 1.807) is 24.3 Å². The van der Waals surface area contributed by atoms with Crippen molar-refractivity contribution in [1.82, 2.24) is 5.32 Å². The molecule has 1 aromatic rings. The molecule has 1 amide bonds. The fraction of sp³-hybridized carbons (Fsp3) is 0.357. The third-order valence-corrected chi connectivity index (χ3v) is 3.31. The molecule has 0 aliphatic heterocycles. The summed E-state index contributed by atoms with van der Waals surface area (Å²) in [5, 5.41) is 13.0. The minimum absolute atomic E-state index is 0.237. The number of aliphatic hydroxyl groups excluding tert-OH is 1. The van der Waals surface area contributed by atoms with Gasteiger partial charge in [-0.15, -0.1) is 0 Å². The lowest BCUT2D eigenvalue weighted by molar-refractivity contribution is -0.116. The molecule has 0 aliphatic carbocycles. The molecule has 1 atom stereocenters. The standard InChI is InChI=1S/C14H17Cl2NO2/c1-2-10(18)8-9-17-14(19)7-6-11-12(15)4-3-5-13(11)16/h3-7,10,18H,2,8-9H2,1H3,(H,17,19)/b7-6+. The Bertz CT molecular complexity index is 441. The molecule has 1 rings (SSSR count). The van der Waals surface area contributed by atoms with Crippen LogP contribution in [0.3, 0.4) is 0 Å². The van der Waals surface area contributed by atoms with Gasteiger partial charge in [0.1, 0.15) is 0 Å². The second-order valence-electron chi connectivity index (χ2n) is 4.11. The van der Waals surface area contributed by atoms with E-state index in [0.717, 1.165) is 0 Å². The maximum Gasteiger partial charge on any atom is 0.244 e. The van der Waals surface area contributed by atoms with E-state index in [4.69, 9.17) is 23.2 Å². The molecule has 0 saturated carbocycles. The molecule has 0 fully saturated rings. The van der Waals surface area contributed by atoms with Crippen LogP contribution >= 0.6 is 23.2 Å². The summed E-state index contributed by atoms with van der Waals surface area (Å²) in [6.45, 7) is 2.33. The summed E-state index contributed by atoms with van der Waals surface area (Å²) in [6, 6.07) is 5.17. The number of amides is 1. The number of nitrogens with one attached hydrogen (secondary N) is 1. The number of halogens is 2. The van der Waals surface area contributed by atoms with Gasteiger partial charge in [-0.05, 0) is 31.1 Å². The number of hydrogen-bond donors (Lipinski definition) is 2. The Kier molecular flexibility index (Phi) is 6.92. The Morgan fingerprint density at radius 1 is 1.42 bits per heavy atom. The van der Waals surface area contributed by atoms with E-state index in [9.17, 15) is 9.90 Å². The average molecular weight is 302 g/mol. The predicted molar refractivity (Wildman–Crippen MR) is 79.4 cm³/mol. The molecule has 19 heavy (non-hydrogen) atoms. The Labute approximate surface area is 123 Å². The summed E-state index contributed by atoms with van der Waals surface area (Å²) >= 11 is 12.0. The van der Waals surface area contributed by atoms with Gasteiger partial charge in [-0.3, -0.25) is 4.79 Å². The van der Waals surface area contributed by atoms with Crippen molar-refractivity contribution >= 4 is 35.2 Å². The van der Waals surface area contributed by atoms with Gasteiger partial charge in [-0.2, -0.15) is 0 Å². The Hall–Kier alpha value is -1.03. The highest BCUT2D eigenvalue weighted by Gasteiger charge is 2.03.